The van der Waals surface area contributed by atoms with E-state index < -0.39 is 0 Å². The molecule has 0 bridgehead atoms. The second kappa shape index (κ2) is 5.66. The van der Waals surface area contributed by atoms with E-state index in [1.54, 1.807) is 12.7 Å². The lowest BCUT2D eigenvalue weighted by Gasteiger charge is -2.11. The molecule has 5 heteroatoms. The third-order valence-corrected chi connectivity index (χ3v) is 3.37. The van der Waals surface area contributed by atoms with Crippen LogP contribution in [0.15, 0.2) is 55.1 Å². The summed E-state index contributed by atoms with van der Waals surface area (Å²) in [7, 11) is 0. The fourth-order valence-corrected chi connectivity index (χ4v) is 2.17. The van der Waals surface area contributed by atoms with Crippen molar-refractivity contribution < 1.29 is 5.11 Å². The summed E-state index contributed by atoms with van der Waals surface area (Å²) < 4.78 is 1.84. The number of hydrogen-bond acceptors (Lipinski definition) is 4. The van der Waals surface area contributed by atoms with Crippen molar-refractivity contribution >= 4 is 5.69 Å². The van der Waals surface area contributed by atoms with Crippen molar-refractivity contribution in [2.24, 2.45) is 0 Å². The van der Waals surface area contributed by atoms with Gasteiger partial charge in [-0.25, -0.2) is 0 Å². The minimum atomic E-state index is 0.347. The maximum Gasteiger partial charge on any atom is 0.123 e. The van der Waals surface area contributed by atoms with E-state index in [0.717, 1.165) is 22.5 Å². The highest BCUT2D eigenvalue weighted by Gasteiger charge is 2.04. The summed E-state index contributed by atoms with van der Waals surface area (Å²) in [4.78, 5) is 0. The zero-order chi connectivity index (χ0) is 14.7. The van der Waals surface area contributed by atoms with Crippen molar-refractivity contribution in [2.45, 2.75) is 13.5 Å². The number of nitrogens with zero attached hydrogens (tertiary/aromatic N) is 3. The van der Waals surface area contributed by atoms with Gasteiger partial charge in [0.05, 0.1) is 5.69 Å². The van der Waals surface area contributed by atoms with E-state index in [9.17, 15) is 5.11 Å². The van der Waals surface area contributed by atoms with Gasteiger partial charge in [-0.1, -0.05) is 24.3 Å². The monoisotopic (exact) mass is 280 g/mol. The number of phenols is 1. The number of aromatic nitrogens is 3. The molecule has 0 aliphatic heterocycles. The fourth-order valence-electron chi connectivity index (χ4n) is 2.17. The Labute approximate surface area is 122 Å². The number of benzene rings is 2. The second-order valence-corrected chi connectivity index (χ2v) is 4.86. The Bertz CT molecular complexity index is 738. The Balaban J connectivity index is 1.77. The van der Waals surface area contributed by atoms with Gasteiger partial charge < -0.3 is 10.4 Å². The summed E-state index contributed by atoms with van der Waals surface area (Å²) in [5, 5.41) is 20.9. The minimum Gasteiger partial charge on any atom is -0.507 e. The van der Waals surface area contributed by atoms with Gasteiger partial charge >= 0.3 is 0 Å². The van der Waals surface area contributed by atoms with Gasteiger partial charge in [0.2, 0.25) is 0 Å². The molecule has 5 nitrogen and oxygen atoms in total. The molecule has 2 aromatic carbocycles. The molecular formula is C16H16N4O. The average molecular weight is 280 g/mol. The Morgan fingerprint density at radius 2 is 1.86 bits per heavy atom. The van der Waals surface area contributed by atoms with Crippen LogP contribution in [0, 0.1) is 6.92 Å². The summed E-state index contributed by atoms with van der Waals surface area (Å²) in [6, 6.07) is 13.7. The van der Waals surface area contributed by atoms with Crippen LogP contribution in [0.25, 0.3) is 5.69 Å². The summed E-state index contributed by atoms with van der Waals surface area (Å²) in [6.07, 6.45) is 3.32. The number of hydrogen-bond donors (Lipinski definition) is 2. The van der Waals surface area contributed by atoms with Crippen LogP contribution in [-0.4, -0.2) is 19.9 Å². The molecule has 0 aliphatic rings. The molecule has 0 saturated heterocycles. The van der Waals surface area contributed by atoms with E-state index in [-0.39, 0.29) is 0 Å². The van der Waals surface area contributed by atoms with Crippen molar-refractivity contribution in [1.82, 2.24) is 14.8 Å². The van der Waals surface area contributed by atoms with Gasteiger partial charge in [-0.3, -0.25) is 4.57 Å². The van der Waals surface area contributed by atoms with Crippen LogP contribution in [0.4, 0.5) is 5.69 Å². The standard InChI is InChI=1S/C16H16N4O/c1-12-4-2-5-13(16(12)21)9-17-14-6-3-7-15(8-14)20-10-18-19-11-20/h2-8,10-11,17,21H,9H2,1H3. The van der Waals surface area contributed by atoms with Crippen molar-refractivity contribution in [3.63, 3.8) is 0 Å². The number of aryl methyl sites for hydroxylation is 1. The molecule has 0 atom stereocenters. The number of nitrogens with one attached hydrogen (secondary N) is 1. The van der Waals surface area contributed by atoms with E-state index >= 15 is 0 Å². The summed E-state index contributed by atoms with van der Waals surface area (Å²) in [6.45, 7) is 2.46. The third kappa shape index (κ3) is 2.86. The van der Waals surface area contributed by atoms with Gasteiger partial charge in [0.25, 0.3) is 0 Å². The van der Waals surface area contributed by atoms with Crippen LogP contribution >= 0.6 is 0 Å². The quantitative estimate of drug-likeness (QED) is 0.771. The van der Waals surface area contributed by atoms with Crippen molar-refractivity contribution in [3.05, 3.63) is 66.2 Å². The van der Waals surface area contributed by atoms with E-state index in [0.29, 0.717) is 12.3 Å². The molecule has 0 fully saturated rings. The van der Waals surface area contributed by atoms with Crippen LogP contribution in [0.1, 0.15) is 11.1 Å². The number of phenolic OH excluding ortho intramolecular Hbond substituents is 1. The number of para-hydroxylation sites is 1. The first-order valence-electron chi connectivity index (χ1n) is 6.70. The summed E-state index contributed by atoms with van der Waals surface area (Å²) in [5.41, 5.74) is 3.72. The van der Waals surface area contributed by atoms with E-state index in [4.69, 9.17) is 0 Å². The van der Waals surface area contributed by atoms with Gasteiger partial charge in [-0.2, -0.15) is 0 Å². The highest BCUT2D eigenvalue weighted by Crippen LogP contribution is 2.23. The normalized spacial score (nSPS) is 10.5. The van der Waals surface area contributed by atoms with Crippen LogP contribution < -0.4 is 5.32 Å². The van der Waals surface area contributed by atoms with E-state index in [1.165, 1.54) is 0 Å². The SMILES string of the molecule is Cc1cccc(CNc2cccc(-n3cnnc3)c2)c1O. The van der Waals surface area contributed by atoms with Crippen molar-refractivity contribution in [2.75, 3.05) is 5.32 Å². The molecule has 3 rings (SSSR count). The lowest BCUT2D eigenvalue weighted by Crippen LogP contribution is -2.01. The predicted molar refractivity (Wildman–Crippen MR) is 81.5 cm³/mol. The molecule has 0 aliphatic carbocycles. The number of rotatable bonds is 4. The average Bonchev–Trinajstić information content (AvgIpc) is 3.03. The molecular weight excluding hydrogens is 264 g/mol. The molecule has 2 N–H and O–H groups in total. The number of anilines is 1. The molecule has 21 heavy (non-hydrogen) atoms. The van der Waals surface area contributed by atoms with Crippen molar-refractivity contribution in [3.8, 4) is 11.4 Å². The van der Waals surface area contributed by atoms with Crippen LogP contribution in [0.5, 0.6) is 5.75 Å². The Kier molecular flexibility index (Phi) is 3.55. The van der Waals surface area contributed by atoms with E-state index in [1.807, 2.05) is 54.0 Å². The molecule has 1 aromatic heterocycles. The lowest BCUT2D eigenvalue weighted by molar-refractivity contribution is 0.465. The van der Waals surface area contributed by atoms with Crippen LogP contribution in [0.2, 0.25) is 0 Å². The zero-order valence-corrected chi connectivity index (χ0v) is 11.7. The molecule has 0 unspecified atom stereocenters. The van der Waals surface area contributed by atoms with Gasteiger partial charge in [0.1, 0.15) is 18.4 Å². The highest BCUT2D eigenvalue weighted by atomic mass is 16.3. The Morgan fingerprint density at radius 3 is 2.67 bits per heavy atom. The zero-order valence-electron chi connectivity index (χ0n) is 11.7. The van der Waals surface area contributed by atoms with Gasteiger partial charge in [-0.15, -0.1) is 10.2 Å². The maximum atomic E-state index is 10.0. The van der Waals surface area contributed by atoms with Gasteiger partial charge in [-0.05, 0) is 30.7 Å². The molecule has 1 heterocycles. The topological polar surface area (TPSA) is 63.0 Å². The smallest absolute Gasteiger partial charge is 0.123 e. The number of aromatic hydroxyl groups is 1. The van der Waals surface area contributed by atoms with Gasteiger partial charge in [0, 0.05) is 17.8 Å². The first-order chi connectivity index (χ1) is 10.2. The van der Waals surface area contributed by atoms with Gasteiger partial charge in [0.15, 0.2) is 0 Å². The largest absolute Gasteiger partial charge is 0.507 e. The first kappa shape index (κ1) is 13.2. The van der Waals surface area contributed by atoms with Crippen LogP contribution in [0.3, 0.4) is 0 Å². The summed E-state index contributed by atoms with van der Waals surface area (Å²) in [5.74, 6) is 0.347. The predicted octanol–water partition coefficient (Wildman–Crippen LogP) is 2.89. The van der Waals surface area contributed by atoms with Crippen molar-refractivity contribution in [1.29, 1.82) is 0 Å². The highest BCUT2D eigenvalue weighted by molar-refractivity contribution is 5.52. The molecule has 0 amide bonds. The second-order valence-electron chi connectivity index (χ2n) is 4.86. The van der Waals surface area contributed by atoms with E-state index in [2.05, 4.69) is 15.5 Å². The molecule has 0 radical (unpaired) electrons. The first-order valence-corrected chi connectivity index (χ1v) is 6.70. The Hall–Kier alpha value is -2.82. The van der Waals surface area contributed by atoms with Crippen LogP contribution in [-0.2, 0) is 6.54 Å². The maximum absolute atomic E-state index is 10.0. The fraction of sp³-hybridized carbons (Fsp3) is 0.125. The lowest BCUT2D eigenvalue weighted by atomic mass is 10.1. The summed E-state index contributed by atoms with van der Waals surface area (Å²) >= 11 is 0. The Morgan fingerprint density at radius 1 is 1.10 bits per heavy atom. The molecule has 106 valence electrons. The molecule has 0 saturated carbocycles. The molecule has 3 aromatic rings. The molecule has 0 spiro atoms. The minimum absolute atomic E-state index is 0.347. The third-order valence-electron chi connectivity index (χ3n) is 3.37.